The summed E-state index contributed by atoms with van der Waals surface area (Å²) in [5, 5.41) is 5.70. The number of urea groups is 1. The molecule has 3 aromatic rings. The van der Waals surface area contributed by atoms with E-state index in [4.69, 9.17) is 0 Å². The summed E-state index contributed by atoms with van der Waals surface area (Å²) < 4.78 is 0. The lowest BCUT2D eigenvalue weighted by atomic mass is 10.1. The summed E-state index contributed by atoms with van der Waals surface area (Å²) in [6.45, 7) is 6.05. The van der Waals surface area contributed by atoms with E-state index in [0.29, 0.717) is 5.69 Å². The Morgan fingerprint density at radius 3 is 2.19 bits per heavy atom. The summed E-state index contributed by atoms with van der Waals surface area (Å²) in [5.41, 5.74) is 6.15. The molecule has 0 saturated heterocycles. The second-order valence-electron chi connectivity index (χ2n) is 6.48. The maximum absolute atomic E-state index is 12.2. The Labute approximate surface area is 153 Å². The molecule has 1 aromatic heterocycles. The Kier molecular flexibility index (Phi) is 5.46. The van der Waals surface area contributed by atoms with Crippen LogP contribution in [-0.4, -0.2) is 16.0 Å². The number of nitrogens with zero attached hydrogens (tertiary/aromatic N) is 2. The fourth-order valence-corrected chi connectivity index (χ4v) is 2.74. The number of amides is 2. The van der Waals surface area contributed by atoms with E-state index in [1.54, 1.807) is 0 Å². The van der Waals surface area contributed by atoms with Gasteiger partial charge < -0.3 is 10.6 Å². The second-order valence-corrected chi connectivity index (χ2v) is 6.48. The third-order valence-electron chi connectivity index (χ3n) is 4.36. The van der Waals surface area contributed by atoms with Crippen LogP contribution in [0.3, 0.4) is 0 Å². The van der Waals surface area contributed by atoms with Crippen LogP contribution in [-0.2, 0) is 6.42 Å². The Balaban J connectivity index is 1.66. The smallest absolute Gasteiger partial charge is 0.308 e. The molecule has 26 heavy (non-hydrogen) atoms. The van der Waals surface area contributed by atoms with Crippen molar-refractivity contribution >= 4 is 28.4 Å². The summed E-state index contributed by atoms with van der Waals surface area (Å²) in [5.74, 6) is 0. The number of unbranched alkanes of at least 4 members (excludes halogenated alkanes) is 1. The molecule has 0 aliphatic rings. The molecule has 2 aromatic carbocycles. The lowest BCUT2D eigenvalue weighted by molar-refractivity contribution is 0.262. The van der Waals surface area contributed by atoms with Crippen LogP contribution >= 0.6 is 0 Å². The Hall–Kier alpha value is -2.95. The zero-order valence-corrected chi connectivity index (χ0v) is 15.5. The molecule has 1 heterocycles. The predicted molar refractivity (Wildman–Crippen MR) is 107 cm³/mol. The topological polar surface area (TPSA) is 66.9 Å². The van der Waals surface area contributed by atoms with Crippen molar-refractivity contribution in [2.45, 2.75) is 40.0 Å². The minimum absolute atomic E-state index is 0.276. The number of aryl methyl sites for hydroxylation is 3. The van der Waals surface area contributed by atoms with Gasteiger partial charge in [-0.1, -0.05) is 25.5 Å². The van der Waals surface area contributed by atoms with Crippen molar-refractivity contribution in [1.29, 1.82) is 0 Å². The molecule has 3 rings (SSSR count). The number of hydrogen-bond acceptors (Lipinski definition) is 3. The molecular weight excluding hydrogens is 324 g/mol. The second kappa shape index (κ2) is 7.95. The normalized spacial score (nSPS) is 10.7. The van der Waals surface area contributed by atoms with Gasteiger partial charge in [-0.15, -0.1) is 0 Å². The SMILES string of the molecule is CCCCc1ccc(NC(=O)Nc2ccc3nc(C)c(C)nc3c2)cc1. The van der Waals surface area contributed by atoms with Crippen molar-refractivity contribution in [2.75, 3.05) is 10.6 Å². The first-order chi connectivity index (χ1) is 12.5. The molecular formula is C21H24N4O. The monoisotopic (exact) mass is 348 g/mol. The molecule has 0 aliphatic carbocycles. The molecule has 0 unspecified atom stereocenters. The Morgan fingerprint density at radius 1 is 0.885 bits per heavy atom. The molecule has 0 spiro atoms. The molecule has 0 bridgehead atoms. The van der Waals surface area contributed by atoms with Gasteiger partial charge in [0.1, 0.15) is 0 Å². The van der Waals surface area contributed by atoms with Crippen molar-refractivity contribution in [1.82, 2.24) is 9.97 Å². The number of carbonyl (C=O) groups excluding carboxylic acids is 1. The van der Waals surface area contributed by atoms with E-state index in [1.165, 1.54) is 18.4 Å². The quantitative estimate of drug-likeness (QED) is 0.663. The van der Waals surface area contributed by atoms with Gasteiger partial charge in [0.05, 0.1) is 22.4 Å². The van der Waals surface area contributed by atoms with Crippen molar-refractivity contribution < 1.29 is 4.79 Å². The van der Waals surface area contributed by atoms with Crippen molar-refractivity contribution in [3.8, 4) is 0 Å². The highest BCUT2D eigenvalue weighted by atomic mass is 16.2. The summed E-state index contributed by atoms with van der Waals surface area (Å²) >= 11 is 0. The van der Waals surface area contributed by atoms with Crippen LogP contribution in [0.2, 0.25) is 0 Å². The van der Waals surface area contributed by atoms with Gasteiger partial charge in [-0.05, 0) is 62.6 Å². The molecule has 5 heteroatoms. The number of hydrogen-bond donors (Lipinski definition) is 2. The molecule has 2 amide bonds. The van der Waals surface area contributed by atoms with Gasteiger partial charge in [-0.3, -0.25) is 0 Å². The standard InChI is InChI=1S/C21H24N4O/c1-4-5-6-16-7-9-17(10-8-16)24-21(26)25-18-11-12-19-20(13-18)23-15(3)14(2)22-19/h7-13H,4-6H2,1-3H3,(H2,24,25,26). The molecule has 2 N–H and O–H groups in total. The maximum Gasteiger partial charge on any atom is 0.323 e. The molecule has 0 radical (unpaired) electrons. The first-order valence-corrected chi connectivity index (χ1v) is 8.97. The predicted octanol–water partition coefficient (Wildman–Crippen LogP) is 5.23. The fraction of sp³-hybridized carbons (Fsp3) is 0.286. The zero-order chi connectivity index (χ0) is 18.5. The number of rotatable bonds is 5. The number of aromatic nitrogens is 2. The lowest BCUT2D eigenvalue weighted by Gasteiger charge is -2.09. The van der Waals surface area contributed by atoms with Crippen LogP contribution in [0, 0.1) is 13.8 Å². The average Bonchev–Trinajstić information content (AvgIpc) is 2.62. The highest BCUT2D eigenvalue weighted by Crippen LogP contribution is 2.18. The van der Waals surface area contributed by atoms with Crippen LogP contribution in [0.5, 0.6) is 0 Å². The van der Waals surface area contributed by atoms with Gasteiger partial charge in [-0.2, -0.15) is 0 Å². The van der Waals surface area contributed by atoms with E-state index < -0.39 is 0 Å². The van der Waals surface area contributed by atoms with Gasteiger partial charge in [0, 0.05) is 11.4 Å². The van der Waals surface area contributed by atoms with Crippen molar-refractivity contribution in [3.05, 3.63) is 59.4 Å². The van der Waals surface area contributed by atoms with Gasteiger partial charge in [0.15, 0.2) is 0 Å². The van der Waals surface area contributed by atoms with E-state index in [1.807, 2.05) is 44.2 Å². The summed E-state index contributed by atoms with van der Waals surface area (Å²) in [7, 11) is 0. The molecule has 0 atom stereocenters. The molecule has 5 nitrogen and oxygen atoms in total. The maximum atomic E-state index is 12.2. The third-order valence-corrected chi connectivity index (χ3v) is 4.36. The highest BCUT2D eigenvalue weighted by Gasteiger charge is 2.06. The van der Waals surface area contributed by atoms with Crippen LogP contribution in [0.15, 0.2) is 42.5 Å². The minimum Gasteiger partial charge on any atom is -0.308 e. The largest absolute Gasteiger partial charge is 0.323 e. The van der Waals surface area contributed by atoms with Gasteiger partial charge in [0.2, 0.25) is 0 Å². The first kappa shape index (κ1) is 17.9. The first-order valence-electron chi connectivity index (χ1n) is 8.97. The average molecular weight is 348 g/mol. The van der Waals surface area contributed by atoms with Crippen LogP contribution in [0.4, 0.5) is 16.2 Å². The number of benzene rings is 2. The van der Waals surface area contributed by atoms with Crippen LogP contribution in [0.25, 0.3) is 11.0 Å². The van der Waals surface area contributed by atoms with E-state index >= 15 is 0 Å². The number of anilines is 2. The molecule has 0 aliphatic heterocycles. The van der Waals surface area contributed by atoms with Gasteiger partial charge in [0.25, 0.3) is 0 Å². The third kappa shape index (κ3) is 4.36. The zero-order valence-electron chi connectivity index (χ0n) is 15.5. The van der Waals surface area contributed by atoms with E-state index in [0.717, 1.165) is 34.5 Å². The van der Waals surface area contributed by atoms with Crippen LogP contribution < -0.4 is 10.6 Å². The van der Waals surface area contributed by atoms with Crippen molar-refractivity contribution in [2.24, 2.45) is 0 Å². The fourth-order valence-electron chi connectivity index (χ4n) is 2.74. The van der Waals surface area contributed by atoms with Crippen LogP contribution in [0.1, 0.15) is 36.7 Å². The highest BCUT2D eigenvalue weighted by molar-refractivity contribution is 6.00. The van der Waals surface area contributed by atoms with E-state index in [2.05, 4.69) is 39.7 Å². The van der Waals surface area contributed by atoms with Gasteiger partial charge in [-0.25, -0.2) is 14.8 Å². The molecule has 134 valence electrons. The summed E-state index contributed by atoms with van der Waals surface area (Å²) in [6, 6.07) is 13.2. The van der Waals surface area contributed by atoms with Gasteiger partial charge >= 0.3 is 6.03 Å². The Bertz CT molecular complexity index is 919. The van der Waals surface area contributed by atoms with E-state index in [9.17, 15) is 4.79 Å². The lowest BCUT2D eigenvalue weighted by Crippen LogP contribution is -2.19. The Morgan fingerprint density at radius 2 is 1.50 bits per heavy atom. The molecule has 0 fully saturated rings. The summed E-state index contributed by atoms with van der Waals surface area (Å²) in [6.07, 6.45) is 3.43. The number of nitrogens with one attached hydrogen (secondary N) is 2. The minimum atomic E-state index is -0.276. The van der Waals surface area contributed by atoms with Crippen molar-refractivity contribution in [3.63, 3.8) is 0 Å². The van der Waals surface area contributed by atoms with E-state index in [-0.39, 0.29) is 6.03 Å². The number of fused-ring (bicyclic) bond motifs is 1. The summed E-state index contributed by atoms with van der Waals surface area (Å²) in [4.78, 5) is 21.3. The molecule has 0 saturated carbocycles. The number of carbonyl (C=O) groups is 1.